The van der Waals surface area contributed by atoms with Gasteiger partial charge in [-0.1, -0.05) is 50.1 Å². The molecule has 2 unspecified atom stereocenters. The first kappa shape index (κ1) is 12.1. The number of hydrogen-bond donors (Lipinski definition) is 1. The van der Waals surface area contributed by atoms with E-state index in [0.29, 0.717) is 0 Å². The van der Waals surface area contributed by atoms with Crippen LogP contribution in [-0.2, 0) is 4.79 Å². The zero-order chi connectivity index (χ0) is 12.3. The Kier molecular flexibility index (Phi) is 3.79. The number of β-lactam (4-membered cyclic amide) rings is 1. The molecule has 0 saturated carbocycles. The van der Waals surface area contributed by atoms with Crippen molar-refractivity contribution in [2.75, 3.05) is 6.73 Å². The number of nitrogens with zero attached hydrogens (tertiary/aromatic N) is 1. The fourth-order valence-corrected chi connectivity index (χ4v) is 2.55. The van der Waals surface area contributed by atoms with Gasteiger partial charge in [-0.2, -0.15) is 0 Å². The van der Waals surface area contributed by atoms with Gasteiger partial charge < -0.3 is 10.0 Å². The summed E-state index contributed by atoms with van der Waals surface area (Å²) >= 11 is 0. The molecular weight excluding hydrogens is 214 g/mol. The standard InChI is InChI=1S/C14H19NO2/c1-2-3-9-12-13(15(10-16)14(12)17)11-7-5-4-6-8-11/h4-8,12-13,16H,2-3,9-10H2,1H3. The number of likely N-dealkylation sites (tertiary alicyclic amines) is 1. The molecule has 92 valence electrons. The first-order chi connectivity index (χ1) is 8.29. The second kappa shape index (κ2) is 5.32. The molecule has 0 aromatic heterocycles. The quantitative estimate of drug-likeness (QED) is 0.793. The van der Waals surface area contributed by atoms with Gasteiger partial charge in [-0.15, -0.1) is 0 Å². The molecule has 0 bridgehead atoms. The molecule has 2 rings (SSSR count). The predicted octanol–water partition coefficient (Wildman–Crippen LogP) is 2.33. The monoisotopic (exact) mass is 233 g/mol. The van der Waals surface area contributed by atoms with Crippen LogP contribution in [0.5, 0.6) is 0 Å². The predicted molar refractivity (Wildman–Crippen MR) is 66.1 cm³/mol. The fraction of sp³-hybridized carbons (Fsp3) is 0.500. The number of benzene rings is 1. The maximum Gasteiger partial charge on any atom is 0.230 e. The van der Waals surface area contributed by atoms with Crippen LogP contribution in [0.3, 0.4) is 0 Å². The van der Waals surface area contributed by atoms with Gasteiger partial charge in [0.05, 0.1) is 12.0 Å². The highest BCUT2D eigenvalue weighted by atomic mass is 16.3. The van der Waals surface area contributed by atoms with Crippen LogP contribution in [-0.4, -0.2) is 22.6 Å². The second-order valence-corrected chi connectivity index (χ2v) is 4.55. The van der Waals surface area contributed by atoms with E-state index in [-0.39, 0.29) is 24.6 Å². The van der Waals surface area contributed by atoms with E-state index in [2.05, 4.69) is 6.92 Å². The zero-order valence-corrected chi connectivity index (χ0v) is 10.2. The summed E-state index contributed by atoms with van der Waals surface area (Å²) in [6.07, 6.45) is 3.09. The molecule has 1 fully saturated rings. The van der Waals surface area contributed by atoms with E-state index in [1.54, 1.807) is 4.90 Å². The average molecular weight is 233 g/mol. The molecule has 1 amide bonds. The maximum atomic E-state index is 11.8. The lowest BCUT2D eigenvalue weighted by atomic mass is 9.80. The third-order valence-electron chi connectivity index (χ3n) is 3.48. The molecule has 0 spiro atoms. The number of hydrogen-bond acceptors (Lipinski definition) is 2. The van der Waals surface area contributed by atoms with Gasteiger partial charge in [0.15, 0.2) is 0 Å². The van der Waals surface area contributed by atoms with Crippen molar-refractivity contribution >= 4 is 5.91 Å². The minimum absolute atomic E-state index is 0.0597. The van der Waals surface area contributed by atoms with Crippen molar-refractivity contribution < 1.29 is 9.90 Å². The van der Waals surface area contributed by atoms with E-state index in [4.69, 9.17) is 0 Å². The minimum Gasteiger partial charge on any atom is -0.376 e. The van der Waals surface area contributed by atoms with Gasteiger partial charge in [-0.05, 0) is 12.0 Å². The Balaban J connectivity index is 2.14. The molecule has 0 radical (unpaired) electrons. The van der Waals surface area contributed by atoms with Crippen LogP contribution < -0.4 is 0 Å². The fourth-order valence-electron chi connectivity index (χ4n) is 2.55. The van der Waals surface area contributed by atoms with Crippen LogP contribution in [0.25, 0.3) is 0 Å². The normalized spacial score (nSPS) is 23.6. The van der Waals surface area contributed by atoms with E-state index in [1.807, 2.05) is 30.3 Å². The highest BCUT2D eigenvalue weighted by Gasteiger charge is 2.46. The number of aliphatic hydroxyl groups excluding tert-OH is 1. The molecule has 1 aliphatic rings. The lowest BCUT2D eigenvalue weighted by molar-refractivity contribution is -0.164. The van der Waals surface area contributed by atoms with Crippen LogP contribution in [0.2, 0.25) is 0 Å². The highest BCUT2D eigenvalue weighted by Crippen LogP contribution is 2.42. The van der Waals surface area contributed by atoms with E-state index in [9.17, 15) is 9.90 Å². The molecule has 1 aromatic rings. The molecule has 3 nitrogen and oxygen atoms in total. The highest BCUT2D eigenvalue weighted by molar-refractivity contribution is 5.86. The molecule has 1 N–H and O–H groups in total. The van der Waals surface area contributed by atoms with Crippen LogP contribution >= 0.6 is 0 Å². The van der Waals surface area contributed by atoms with Gasteiger partial charge in [0.2, 0.25) is 5.91 Å². The Morgan fingerprint density at radius 1 is 1.29 bits per heavy atom. The number of carbonyl (C=O) groups is 1. The van der Waals surface area contributed by atoms with E-state index in [1.165, 1.54) is 0 Å². The van der Waals surface area contributed by atoms with Crippen LogP contribution in [0.4, 0.5) is 0 Å². The first-order valence-electron chi connectivity index (χ1n) is 6.26. The van der Waals surface area contributed by atoms with Gasteiger partial charge in [0, 0.05) is 0 Å². The Hall–Kier alpha value is -1.35. The summed E-state index contributed by atoms with van der Waals surface area (Å²) in [6.45, 7) is 1.95. The molecule has 2 atom stereocenters. The third-order valence-corrected chi connectivity index (χ3v) is 3.48. The topological polar surface area (TPSA) is 40.5 Å². The summed E-state index contributed by atoms with van der Waals surface area (Å²) in [7, 11) is 0. The summed E-state index contributed by atoms with van der Waals surface area (Å²) in [6, 6.07) is 10.0. The molecule has 1 aliphatic heterocycles. The van der Waals surface area contributed by atoms with Crippen molar-refractivity contribution in [2.24, 2.45) is 5.92 Å². The van der Waals surface area contributed by atoms with Crippen LogP contribution in [0.1, 0.15) is 37.8 Å². The average Bonchev–Trinajstić information content (AvgIpc) is 2.37. The SMILES string of the molecule is CCCCC1C(=O)N(CO)C1c1ccccc1. The second-order valence-electron chi connectivity index (χ2n) is 4.55. The summed E-state index contributed by atoms with van der Waals surface area (Å²) in [5.74, 6) is 0.152. The van der Waals surface area contributed by atoms with Crippen molar-refractivity contribution in [3.63, 3.8) is 0 Å². The van der Waals surface area contributed by atoms with E-state index in [0.717, 1.165) is 24.8 Å². The van der Waals surface area contributed by atoms with Gasteiger partial charge in [-0.25, -0.2) is 0 Å². The molecule has 3 heteroatoms. The van der Waals surface area contributed by atoms with Gasteiger partial charge in [-0.3, -0.25) is 4.79 Å². The van der Waals surface area contributed by atoms with E-state index < -0.39 is 0 Å². The van der Waals surface area contributed by atoms with Crippen molar-refractivity contribution in [2.45, 2.75) is 32.2 Å². The Morgan fingerprint density at radius 3 is 2.59 bits per heavy atom. The zero-order valence-electron chi connectivity index (χ0n) is 10.2. The molecule has 17 heavy (non-hydrogen) atoms. The Morgan fingerprint density at radius 2 is 2.00 bits per heavy atom. The van der Waals surface area contributed by atoms with Gasteiger partial charge >= 0.3 is 0 Å². The van der Waals surface area contributed by atoms with Crippen molar-refractivity contribution in [1.82, 2.24) is 4.90 Å². The number of aliphatic hydroxyl groups is 1. The maximum absolute atomic E-state index is 11.8. The lowest BCUT2D eigenvalue weighted by Gasteiger charge is -2.46. The summed E-state index contributed by atoms with van der Waals surface area (Å²) in [5.41, 5.74) is 1.13. The lowest BCUT2D eigenvalue weighted by Crippen LogP contribution is -2.55. The summed E-state index contributed by atoms with van der Waals surface area (Å²) in [4.78, 5) is 13.4. The first-order valence-corrected chi connectivity index (χ1v) is 6.26. The molecule has 0 aliphatic carbocycles. The largest absolute Gasteiger partial charge is 0.376 e. The van der Waals surface area contributed by atoms with Crippen LogP contribution in [0.15, 0.2) is 30.3 Å². The van der Waals surface area contributed by atoms with Gasteiger partial charge in [0.25, 0.3) is 0 Å². The minimum atomic E-state index is -0.180. The smallest absolute Gasteiger partial charge is 0.230 e. The van der Waals surface area contributed by atoms with Crippen molar-refractivity contribution in [1.29, 1.82) is 0 Å². The number of carbonyl (C=O) groups excluding carboxylic acids is 1. The Labute approximate surface area is 102 Å². The van der Waals surface area contributed by atoms with Gasteiger partial charge in [0.1, 0.15) is 6.73 Å². The molecular formula is C14H19NO2. The van der Waals surface area contributed by atoms with Crippen molar-refractivity contribution in [3.05, 3.63) is 35.9 Å². The molecule has 1 aromatic carbocycles. The third kappa shape index (κ3) is 2.20. The van der Waals surface area contributed by atoms with Crippen molar-refractivity contribution in [3.8, 4) is 0 Å². The Bertz CT molecular complexity index is 377. The number of rotatable bonds is 5. The molecule has 1 heterocycles. The molecule has 1 saturated heterocycles. The van der Waals surface area contributed by atoms with Crippen LogP contribution in [0, 0.1) is 5.92 Å². The number of unbranched alkanes of at least 4 members (excludes halogenated alkanes) is 1. The summed E-state index contributed by atoms with van der Waals surface area (Å²) in [5, 5.41) is 9.24. The summed E-state index contributed by atoms with van der Waals surface area (Å²) < 4.78 is 0. The number of amides is 1. The van der Waals surface area contributed by atoms with E-state index >= 15 is 0 Å².